The molecule has 0 amide bonds. The van der Waals surface area contributed by atoms with Gasteiger partial charge in [-0.15, -0.1) is 0 Å². The minimum Gasteiger partial charge on any atom is -0.481 e. The quantitative estimate of drug-likeness (QED) is 0.758. The van der Waals surface area contributed by atoms with Crippen molar-refractivity contribution in [2.45, 2.75) is 9.92 Å². The molecule has 1 aromatic heterocycles. The number of para-hydroxylation sites is 1. The average Bonchev–Trinajstić information content (AvgIpc) is 2.46. The number of hydrogen-bond donors (Lipinski definition) is 0. The molecule has 0 aliphatic carbocycles. The molecule has 0 spiro atoms. The fraction of sp³-hybridized carbons (Fsp3) is 0.214. The topological polar surface area (TPSA) is 40.6 Å². The number of hydrogen-bond acceptors (Lipinski definition) is 5. The number of pyridine rings is 1. The molecule has 1 heterocycles. The fourth-order valence-corrected chi connectivity index (χ4v) is 2.34. The smallest absolute Gasteiger partial charge is 0.213 e. The van der Waals surface area contributed by atoms with Gasteiger partial charge in [-0.25, -0.2) is 4.98 Å². The lowest BCUT2D eigenvalue weighted by atomic mass is 10.3. The normalized spacial score (nSPS) is 10.2. The highest BCUT2D eigenvalue weighted by atomic mass is 32.2. The standard InChI is InChI=1S/C14H15NO3S/c1-16-10-18-11-6-3-4-7-12(11)19-14-9-5-8-13(15-14)17-2/h3-9H,10H2,1-2H3. The SMILES string of the molecule is COCOc1ccccc1Sc1cccc(OC)n1. The van der Waals surface area contributed by atoms with Crippen molar-refractivity contribution in [1.82, 2.24) is 4.98 Å². The molecule has 0 radical (unpaired) electrons. The van der Waals surface area contributed by atoms with E-state index in [9.17, 15) is 0 Å². The van der Waals surface area contributed by atoms with E-state index >= 15 is 0 Å². The predicted octanol–water partition coefficient (Wildman–Crippen LogP) is 3.22. The molecule has 0 saturated heterocycles. The van der Waals surface area contributed by atoms with Crippen molar-refractivity contribution < 1.29 is 14.2 Å². The highest BCUT2D eigenvalue weighted by Gasteiger charge is 2.06. The average molecular weight is 277 g/mol. The van der Waals surface area contributed by atoms with Crippen LogP contribution in [0.15, 0.2) is 52.4 Å². The van der Waals surface area contributed by atoms with Gasteiger partial charge in [0.05, 0.1) is 12.0 Å². The molecule has 1 aromatic carbocycles. The number of aromatic nitrogens is 1. The summed E-state index contributed by atoms with van der Waals surface area (Å²) in [6, 6.07) is 13.4. The van der Waals surface area contributed by atoms with Crippen molar-refractivity contribution >= 4 is 11.8 Å². The van der Waals surface area contributed by atoms with E-state index in [-0.39, 0.29) is 6.79 Å². The van der Waals surface area contributed by atoms with Gasteiger partial charge in [-0.05, 0) is 18.2 Å². The largest absolute Gasteiger partial charge is 0.481 e. The second kappa shape index (κ2) is 7.01. The summed E-state index contributed by atoms with van der Waals surface area (Å²) in [6.45, 7) is 0.225. The molecule has 0 N–H and O–H groups in total. The van der Waals surface area contributed by atoms with E-state index < -0.39 is 0 Å². The van der Waals surface area contributed by atoms with Gasteiger partial charge in [-0.2, -0.15) is 0 Å². The lowest BCUT2D eigenvalue weighted by Crippen LogP contribution is -1.99. The van der Waals surface area contributed by atoms with Crippen LogP contribution in [0.4, 0.5) is 0 Å². The van der Waals surface area contributed by atoms with Crippen molar-refractivity contribution in [1.29, 1.82) is 0 Å². The van der Waals surface area contributed by atoms with Gasteiger partial charge in [0.2, 0.25) is 5.88 Å². The van der Waals surface area contributed by atoms with Gasteiger partial charge in [0.15, 0.2) is 6.79 Å². The molecule has 0 fully saturated rings. The predicted molar refractivity (Wildman–Crippen MR) is 73.9 cm³/mol. The molecule has 0 aliphatic rings. The second-order valence-electron chi connectivity index (χ2n) is 3.62. The summed E-state index contributed by atoms with van der Waals surface area (Å²) in [7, 11) is 3.20. The molecule has 100 valence electrons. The van der Waals surface area contributed by atoms with Crippen LogP contribution in [-0.4, -0.2) is 26.0 Å². The molecule has 0 saturated carbocycles. The molecular weight excluding hydrogens is 262 g/mol. The maximum Gasteiger partial charge on any atom is 0.213 e. The van der Waals surface area contributed by atoms with E-state index in [1.165, 1.54) is 11.8 Å². The zero-order valence-corrected chi connectivity index (χ0v) is 11.6. The van der Waals surface area contributed by atoms with Crippen LogP contribution in [0.2, 0.25) is 0 Å². The molecule has 0 atom stereocenters. The second-order valence-corrected chi connectivity index (χ2v) is 4.68. The van der Waals surface area contributed by atoms with E-state index in [0.717, 1.165) is 15.7 Å². The molecule has 2 aromatic rings. The Balaban J connectivity index is 2.17. The minimum atomic E-state index is 0.225. The summed E-state index contributed by atoms with van der Waals surface area (Å²) in [5.41, 5.74) is 0. The third-order valence-corrected chi connectivity index (χ3v) is 3.30. The number of rotatable bonds is 6. The van der Waals surface area contributed by atoms with Gasteiger partial charge in [-0.3, -0.25) is 0 Å². The fourth-order valence-electron chi connectivity index (χ4n) is 1.46. The van der Waals surface area contributed by atoms with Crippen molar-refractivity contribution in [3.05, 3.63) is 42.5 Å². The van der Waals surface area contributed by atoms with E-state index in [1.54, 1.807) is 14.2 Å². The molecule has 0 aliphatic heterocycles. The van der Waals surface area contributed by atoms with Crippen LogP contribution >= 0.6 is 11.8 Å². The number of benzene rings is 1. The molecule has 2 rings (SSSR count). The zero-order chi connectivity index (χ0) is 13.5. The Morgan fingerprint density at radius 1 is 1.05 bits per heavy atom. The van der Waals surface area contributed by atoms with Gasteiger partial charge < -0.3 is 14.2 Å². The first-order valence-corrected chi connectivity index (χ1v) is 6.55. The van der Waals surface area contributed by atoms with Crippen molar-refractivity contribution in [3.63, 3.8) is 0 Å². The van der Waals surface area contributed by atoms with Crippen LogP contribution in [0.3, 0.4) is 0 Å². The van der Waals surface area contributed by atoms with Gasteiger partial charge in [0.25, 0.3) is 0 Å². The van der Waals surface area contributed by atoms with E-state index in [1.807, 2.05) is 42.5 Å². The van der Waals surface area contributed by atoms with Gasteiger partial charge in [0, 0.05) is 13.2 Å². The lowest BCUT2D eigenvalue weighted by Gasteiger charge is -2.10. The Morgan fingerprint density at radius 2 is 1.89 bits per heavy atom. The third kappa shape index (κ3) is 3.87. The number of ether oxygens (including phenoxy) is 3. The molecule has 19 heavy (non-hydrogen) atoms. The molecule has 5 heteroatoms. The summed E-state index contributed by atoms with van der Waals surface area (Å²) < 4.78 is 15.5. The summed E-state index contributed by atoms with van der Waals surface area (Å²) in [6.07, 6.45) is 0. The highest BCUT2D eigenvalue weighted by Crippen LogP contribution is 2.34. The Bertz CT molecular complexity index is 534. The van der Waals surface area contributed by atoms with Crippen LogP contribution in [0, 0.1) is 0 Å². The van der Waals surface area contributed by atoms with Crippen molar-refractivity contribution in [2.75, 3.05) is 21.0 Å². The van der Waals surface area contributed by atoms with Crippen LogP contribution in [0.25, 0.3) is 0 Å². The first-order chi connectivity index (χ1) is 9.33. The molecular formula is C14H15NO3S. The summed E-state index contributed by atoms with van der Waals surface area (Å²) >= 11 is 1.52. The summed E-state index contributed by atoms with van der Waals surface area (Å²) in [5, 5.41) is 0.854. The third-order valence-electron chi connectivity index (χ3n) is 2.30. The Morgan fingerprint density at radius 3 is 2.68 bits per heavy atom. The van der Waals surface area contributed by atoms with Crippen LogP contribution < -0.4 is 9.47 Å². The van der Waals surface area contributed by atoms with Gasteiger partial charge >= 0.3 is 0 Å². The van der Waals surface area contributed by atoms with E-state index in [4.69, 9.17) is 14.2 Å². The number of methoxy groups -OCH3 is 2. The Labute approximate surface area is 116 Å². The Kier molecular flexibility index (Phi) is 5.06. The molecule has 0 bridgehead atoms. The summed E-state index contributed by atoms with van der Waals surface area (Å²) in [5.74, 6) is 1.37. The van der Waals surface area contributed by atoms with Crippen molar-refractivity contribution in [3.8, 4) is 11.6 Å². The first-order valence-electron chi connectivity index (χ1n) is 5.73. The Hall–Kier alpha value is -1.72. The van der Waals surface area contributed by atoms with Crippen LogP contribution in [0.5, 0.6) is 11.6 Å². The minimum absolute atomic E-state index is 0.225. The molecule has 4 nitrogen and oxygen atoms in total. The van der Waals surface area contributed by atoms with Gasteiger partial charge in [0.1, 0.15) is 10.8 Å². The zero-order valence-electron chi connectivity index (χ0n) is 10.8. The van der Waals surface area contributed by atoms with Crippen molar-refractivity contribution in [2.24, 2.45) is 0 Å². The molecule has 0 unspecified atom stereocenters. The van der Waals surface area contributed by atoms with Crippen LogP contribution in [-0.2, 0) is 4.74 Å². The van der Waals surface area contributed by atoms with E-state index in [0.29, 0.717) is 5.88 Å². The van der Waals surface area contributed by atoms with Crippen LogP contribution in [0.1, 0.15) is 0 Å². The highest BCUT2D eigenvalue weighted by molar-refractivity contribution is 7.99. The lowest BCUT2D eigenvalue weighted by molar-refractivity contribution is 0.0491. The van der Waals surface area contributed by atoms with E-state index in [2.05, 4.69) is 4.98 Å². The monoisotopic (exact) mass is 277 g/mol. The first kappa shape index (κ1) is 13.7. The summed E-state index contributed by atoms with van der Waals surface area (Å²) in [4.78, 5) is 5.35. The maximum absolute atomic E-state index is 5.51. The maximum atomic E-state index is 5.51. The van der Waals surface area contributed by atoms with Gasteiger partial charge in [-0.1, -0.05) is 30.0 Å². The number of nitrogens with zero attached hydrogens (tertiary/aromatic N) is 1.